The number of rotatable bonds is 5. The molecule has 2 atom stereocenters. The number of methoxy groups -OCH3 is 1. The first-order valence-electron chi connectivity index (χ1n) is 8.58. The molecular weight excluding hydrogens is 393 g/mol. The predicted octanol–water partition coefficient (Wildman–Crippen LogP) is 5.62. The second-order valence-corrected chi connectivity index (χ2v) is 8.40. The lowest BCUT2D eigenvalue weighted by molar-refractivity contribution is -0.147. The van der Waals surface area contributed by atoms with Crippen LogP contribution in [-0.4, -0.2) is 24.2 Å². The van der Waals surface area contributed by atoms with Crippen molar-refractivity contribution in [2.45, 2.75) is 44.6 Å². The van der Waals surface area contributed by atoms with E-state index in [1.165, 1.54) is 18.4 Å². The third kappa shape index (κ3) is 4.33. The number of hydrogen-bond acceptors (Lipinski definition) is 5. The summed E-state index contributed by atoms with van der Waals surface area (Å²) in [7, 11) is 1.44. The van der Waals surface area contributed by atoms with Gasteiger partial charge in [0.15, 0.2) is 0 Å². The zero-order valence-corrected chi connectivity index (χ0v) is 17.1. The number of halogens is 2. The van der Waals surface area contributed by atoms with Crippen molar-refractivity contribution in [3.05, 3.63) is 33.8 Å². The normalized spacial score (nSPS) is 20.0. The molecule has 2 aromatic heterocycles. The molecule has 0 bridgehead atoms. The van der Waals surface area contributed by atoms with Crippen molar-refractivity contribution in [3.63, 3.8) is 0 Å². The second-order valence-electron chi connectivity index (χ2n) is 6.45. The van der Waals surface area contributed by atoms with E-state index in [2.05, 4.69) is 4.98 Å². The zero-order valence-electron chi connectivity index (χ0n) is 14.8. The topological polar surface area (TPSA) is 48.4 Å². The molecule has 0 radical (unpaired) electrons. The smallest absolute Gasteiger partial charge is 0.308 e. The fourth-order valence-corrected chi connectivity index (χ4v) is 4.85. The van der Waals surface area contributed by atoms with Crippen LogP contribution in [0, 0.1) is 12.8 Å². The van der Waals surface area contributed by atoms with Crippen LogP contribution in [0.25, 0.3) is 10.6 Å². The molecular formula is C19H21Cl2NO3S. The molecule has 1 fully saturated rings. The van der Waals surface area contributed by atoms with Crippen molar-refractivity contribution in [1.29, 1.82) is 0 Å². The number of carbonyl (C=O) groups is 1. The Bertz CT molecular complexity index is 793. The van der Waals surface area contributed by atoms with E-state index in [1.54, 1.807) is 0 Å². The number of thiophene rings is 1. The van der Waals surface area contributed by atoms with Gasteiger partial charge in [-0.25, -0.2) is 4.98 Å². The Morgan fingerprint density at radius 3 is 2.88 bits per heavy atom. The summed E-state index contributed by atoms with van der Waals surface area (Å²) in [4.78, 5) is 17.5. The highest BCUT2D eigenvalue weighted by molar-refractivity contribution is 7.19. The quantitative estimate of drug-likeness (QED) is 0.471. The molecule has 1 saturated carbocycles. The largest absolute Gasteiger partial charge is 0.489 e. The first kappa shape index (κ1) is 19.5. The SMILES string of the molecule is COC(=O)[C@H]1CCC[C@H](Oc2ccc(-c3sc(Cl)cc3CCl)nc2C)C1. The van der Waals surface area contributed by atoms with Crippen LogP contribution in [0.5, 0.6) is 5.75 Å². The van der Waals surface area contributed by atoms with Crippen molar-refractivity contribution in [2.24, 2.45) is 5.92 Å². The summed E-state index contributed by atoms with van der Waals surface area (Å²) < 4.78 is 11.7. The van der Waals surface area contributed by atoms with E-state index in [0.717, 1.165) is 46.8 Å². The Labute approximate surface area is 167 Å². The molecule has 3 rings (SSSR count). The van der Waals surface area contributed by atoms with Crippen molar-refractivity contribution in [3.8, 4) is 16.3 Å². The van der Waals surface area contributed by atoms with Crippen molar-refractivity contribution in [1.82, 2.24) is 4.98 Å². The van der Waals surface area contributed by atoms with E-state index in [1.807, 2.05) is 25.1 Å². The average Bonchev–Trinajstić information content (AvgIpc) is 3.04. The summed E-state index contributed by atoms with van der Waals surface area (Å²) in [5, 5.41) is 0. The monoisotopic (exact) mass is 413 g/mol. The van der Waals surface area contributed by atoms with Gasteiger partial charge < -0.3 is 9.47 Å². The number of alkyl halides is 1. The number of aryl methyl sites for hydroxylation is 1. The van der Waals surface area contributed by atoms with Gasteiger partial charge in [0.05, 0.1) is 39.7 Å². The number of pyridine rings is 1. The molecule has 0 aliphatic heterocycles. The van der Waals surface area contributed by atoms with Gasteiger partial charge in [-0.15, -0.1) is 22.9 Å². The third-order valence-electron chi connectivity index (χ3n) is 4.65. The molecule has 1 aliphatic rings. The number of esters is 1. The average molecular weight is 414 g/mol. The van der Waals surface area contributed by atoms with Crippen LogP contribution in [0.15, 0.2) is 18.2 Å². The van der Waals surface area contributed by atoms with Crippen LogP contribution in [0.4, 0.5) is 0 Å². The summed E-state index contributed by atoms with van der Waals surface area (Å²) in [5.41, 5.74) is 2.64. The summed E-state index contributed by atoms with van der Waals surface area (Å²) in [6, 6.07) is 5.75. The van der Waals surface area contributed by atoms with Crippen LogP contribution >= 0.6 is 34.5 Å². The minimum Gasteiger partial charge on any atom is -0.489 e. The molecule has 0 aromatic carbocycles. The van der Waals surface area contributed by atoms with Crippen molar-refractivity contribution in [2.75, 3.05) is 7.11 Å². The molecule has 1 aliphatic carbocycles. The zero-order chi connectivity index (χ0) is 18.7. The number of nitrogens with zero attached hydrogens (tertiary/aromatic N) is 1. The standard InChI is InChI=1S/C19H21Cl2NO3S/c1-11-16(25-14-5-3-4-12(8-14)19(23)24-2)7-6-15(22-11)18-13(10-20)9-17(21)26-18/h6-7,9,12,14H,3-5,8,10H2,1-2H3/t12-,14-/m0/s1. The highest BCUT2D eigenvalue weighted by Crippen LogP contribution is 2.37. The first-order chi connectivity index (χ1) is 12.5. The Morgan fingerprint density at radius 1 is 1.38 bits per heavy atom. The molecule has 0 N–H and O–H groups in total. The lowest BCUT2D eigenvalue weighted by Gasteiger charge is -2.28. The minimum atomic E-state index is -0.147. The molecule has 2 heterocycles. The van der Waals surface area contributed by atoms with Gasteiger partial charge in [-0.05, 0) is 56.4 Å². The molecule has 26 heavy (non-hydrogen) atoms. The summed E-state index contributed by atoms with van der Waals surface area (Å²) in [6.07, 6.45) is 3.45. The molecule has 2 aromatic rings. The van der Waals surface area contributed by atoms with Gasteiger partial charge in [-0.2, -0.15) is 0 Å². The molecule has 0 spiro atoms. The maximum Gasteiger partial charge on any atom is 0.308 e. The molecule has 140 valence electrons. The van der Waals surface area contributed by atoms with E-state index in [4.69, 9.17) is 32.7 Å². The lowest BCUT2D eigenvalue weighted by atomic mass is 9.87. The Balaban J connectivity index is 1.75. The van der Waals surface area contributed by atoms with E-state index >= 15 is 0 Å². The van der Waals surface area contributed by atoms with Crippen LogP contribution in [0.2, 0.25) is 4.34 Å². The number of aromatic nitrogens is 1. The van der Waals surface area contributed by atoms with Gasteiger partial charge >= 0.3 is 5.97 Å². The van der Waals surface area contributed by atoms with Gasteiger partial charge in [-0.1, -0.05) is 11.6 Å². The van der Waals surface area contributed by atoms with Crippen molar-refractivity contribution >= 4 is 40.5 Å². The molecule has 0 unspecified atom stereocenters. The van der Waals surface area contributed by atoms with Crippen molar-refractivity contribution < 1.29 is 14.3 Å². The van der Waals surface area contributed by atoms with E-state index in [0.29, 0.717) is 16.6 Å². The summed E-state index contributed by atoms with van der Waals surface area (Å²) >= 11 is 13.6. The first-order valence-corrected chi connectivity index (χ1v) is 10.3. The second kappa shape index (κ2) is 8.59. The number of carbonyl (C=O) groups excluding carboxylic acids is 1. The Kier molecular flexibility index (Phi) is 6.43. The fraction of sp³-hybridized carbons (Fsp3) is 0.474. The number of hydrogen-bond donors (Lipinski definition) is 0. The van der Waals surface area contributed by atoms with Gasteiger partial charge in [0.1, 0.15) is 5.75 Å². The van der Waals surface area contributed by atoms with Crippen LogP contribution < -0.4 is 4.74 Å². The van der Waals surface area contributed by atoms with E-state index in [-0.39, 0.29) is 18.0 Å². The molecule has 4 nitrogen and oxygen atoms in total. The number of ether oxygens (including phenoxy) is 2. The van der Waals surface area contributed by atoms with E-state index in [9.17, 15) is 4.79 Å². The van der Waals surface area contributed by atoms with Gasteiger partial charge in [-0.3, -0.25) is 4.79 Å². The van der Waals surface area contributed by atoms with Gasteiger partial charge in [0, 0.05) is 5.88 Å². The highest BCUT2D eigenvalue weighted by atomic mass is 35.5. The highest BCUT2D eigenvalue weighted by Gasteiger charge is 2.29. The third-order valence-corrected chi connectivity index (χ3v) is 6.26. The summed E-state index contributed by atoms with van der Waals surface area (Å²) in [6.45, 7) is 1.93. The fourth-order valence-electron chi connectivity index (χ4n) is 3.32. The van der Waals surface area contributed by atoms with Crippen LogP contribution in [0.3, 0.4) is 0 Å². The minimum absolute atomic E-state index is 0.00813. The lowest BCUT2D eigenvalue weighted by Crippen LogP contribution is -2.30. The summed E-state index contributed by atoms with van der Waals surface area (Å²) in [5.74, 6) is 0.922. The predicted molar refractivity (Wildman–Crippen MR) is 105 cm³/mol. The molecule has 0 saturated heterocycles. The molecule has 0 amide bonds. The van der Waals surface area contributed by atoms with Gasteiger partial charge in [0.25, 0.3) is 0 Å². The molecule has 7 heteroatoms. The Morgan fingerprint density at radius 2 is 2.19 bits per heavy atom. The Hall–Kier alpha value is -1.30. The van der Waals surface area contributed by atoms with Gasteiger partial charge in [0.2, 0.25) is 0 Å². The van der Waals surface area contributed by atoms with E-state index < -0.39 is 0 Å². The maximum atomic E-state index is 11.8. The maximum absolute atomic E-state index is 11.8. The van der Waals surface area contributed by atoms with Crippen LogP contribution in [0.1, 0.15) is 36.9 Å². The van der Waals surface area contributed by atoms with Crippen LogP contribution in [-0.2, 0) is 15.4 Å².